The second kappa shape index (κ2) is 3.69. The van der Waals surface area contributed by atoms with Gasteiger partial charge in [-0.3, -0.25) is 0 Å². The molecule has 0 amide bonds. The standard InChI is InChI=1S/2C5H5.CH3.Hf/c2*1-2-4-5-3-1;;/h2*1-3H,4H2;1H3;. The summed E-state index contributed by atoms with van der Waals surface area (Å²) in [6.07, 6.45) is 16.2. The predicted molar refractivity (Wildman–Crippen MR) is 49.5 cm³/mol. The first-order chi connectivity index (χ1) is 5.88. The summed E-state index contributed by atoms with van der Waals surface area (Å²) in [5, 5.41) is 0. The molecular weight excluding hydrogens is 311 g/mol. The van der Waals surface area contributed by atoms with Crippen LogP contribution < -0.4 is 0 Å². The normalized spacial score (nSPS) is 19.8. The maximum atomic E-state index is 2.52. The van der Waals surface area contributed by atoms with Gasteiger partial charge in [0.05, 0.1) is 0 Å². The molecule has 0 aliphatic heterocycles. The third-order valence-electron chi connectivity index (χ3n) is 2.51. The zero-order valence-electron chi connectivity index (χ0n) is 7.38. The minimum atomic E-state index is -1.43. The molecule has 0 aromatic heterocycles. The fourth-order valence-electron chi connectivity index (χ4n) is 1.66. The summed E-state index contributed by atoms with van der Waals surface area (Å²) in [7, 11) is 0. The zero-order chi connectivity index (χ0) is 8.39. The van der Waals surface area contributed by atoms with Crippen LogP contribution >= 0.6 is 0 Å². The Hall–Kier alpha value is -0.170. The zero-order valence-corrected chi connectivity index (χ0v) is 11.0. The van der Waals surface area contributed by atoms with Crippen LogP contribution in [0.15, 0.2) is 43.1 Å². The predicted octanol–water partition coefficient (Wildman–Crippen LogP) is 3.34. The third kappa shape index (κ3) is 1.61. The van der Waals surface area contributed by atoms with Crippen LogP contribution in [0.5, 0.6) is 0 Å². The second-order valence-electron chi connectivity index (χ2n) is 3.27. The Morgan fingerprint density at radius 3 is 1.83 bits per heavy atom. The van der Waals surface area contributed by atoms with Gasteiger partial charge in [-0.25, -0.2) is 0 Å². The molecule has 0 atom stereocenters. The Morgan fingerprint density at radius 1 is 1.00 bits per heavy atom. The van der Waals surface area contributed by atoms with Crippen molar-refractivity contribution >= 4 is 0 Å². The van der Waals surface area contributed by atoms with E-state index in [0.29, 0.717) is 0 Å². The Labute approximate surface area is 81.9 Å². The van der Waals surface area contributed by atoms with E-state index >= 15 is 0 Å². The number of hydrogen-bond acceptors (Lipinski definition) is 0. The van der Waals surface area contributed by atoms with E-state index < -0.39 is 21.4 Å². The summed E-state index contributed by atoms with van der Waals surface area (Å²) in [6, 6.07) is 0. The summed E-state index contributed by atoms with van der Waals surface area (Å²) in [5.41, 5.74) is 0. The molecule has 0 saturated heterocycles. The molecule has 0 radical (unpaired) electrons. The molecule has 0 N–H and O–H groups in total. The van der Waals surface area contributed by atoms with E-state index in [2.05, 4.69) is 41.1 Å². The Bertz CT molecular complexity index is 262. The van der Waals surface area contributed by atoms with E-state index in [1.54, 1.807) is 6.66 Å². The van der Waals surface area contributed by atoms with Crippen LogP contribution in [0.25, 0.3) is 0 Å². The van der Waals surface area contributed by atoms with Crippen LogP contribution in [-0.2, 0) is 21.4 Å². The van der Waals surface area contributed by atoms with Crippen molar-refractivity contribution in [1.82, 2.24) is 0 Å². The molecule has 0 saturated carbocycles. The van der Waals surface area contributed by atoms with Crippen molar-refractivity contribution in [2.75, 3.05) is 0 Å². The third-order valence-corrected chi connectivity index (χ3v) is 12.1. The summed E-state index contributed by atoms with van der Waals surface area (Å²) >= 11 is -1.43. The number of rotatable bonds is 2. The molecule has 2 aliphatic carbocycles. The van der Waals surface area contributed by atoms with Gasteiger partial charge in [-0.05, 0) is 0 Å². The quantitative estimate of drug-likeness (QED) is 0.684. The molecule has 0 fully saturated rings. The van der Waals surface area contributed by atoms with Gasteiger partial charge in [0.15, 0.2) is 0 Å². The van der Waals surface area contributed by atoms with Crippen molar-refractivity contribution in [3.8, 4) is 0 Å². The second-order valence-corrected chi connectivity index (χ2v) is 12.4. The first kappa shape index (κ1) is 8.43. The van der Waals surface area contributed by atoms with Gasteiger partial charge < -0.3 is 0 Å². The number of allylic oxidation sites excluding steroid dienone is 8. The molecule has 0 bridgehead atoms. The maximum absolute atomic E-state index is 2.52. The van der Waals surface area contributed by atoms with Crippen LogP contribution in [0, 0.1) is 0 Å². The molecule has 1 heteroatoms. The molecule has 0 nitrogen and oxygen atoms in total. The molecule has 0 unspecified atom stereocenters. The van der Waals surface area contributed by atoms with E-state index in [1.165, 1.54) is 12.8 Å². The molecule has 0 spiro atoms. The molecule has 0 aromatic carbocycles. The molecule has 61 valence electrons. The minimum absolute atomic E-state index is 1.25. The van der Waals surface area contributed by atoms with Crippen LogP contribution in [0.3, 0.4) is 0 Å². The molecule has 2 aliphatic rings. The van der Waals surface area contributed by atoms with E-state index in [1.807, 2.05) is 0 Å². The molecule has 12 heavy (non-hydrogen) atoms. The van der Waals surface area contributed by atoms with Crippen molar-refractivity contribution in [3.05, 3.63) is 43.1 Å². The van der Waals surface area contributed by atoms with Gasteiger partial charge in [-0.15, -0.1) is 0 Å². The Kier molecular flexibility index (Phi) is 2.60. The summed E-state index contributed by atoms with van der Waals surface area (Å²) < 4.78 is 6.06. The van der Waals surface area contributed by atoms with Crippen LogP contribution in [0.4, 0.5) is 0 Å². The first-order valence-electron chi connectivity index (χ1n) is 4.43. The van der Waals surface area contributed by atoms with Gasteiger partial charge in [0.1, 0.15) is 0 Å². The fraction of sp³-hybridized carbons (Fsp3) is 0.273. The van der Waals surface area contributed by atoms with E-state index in [4.69, 9.17) is 0 Å². The van der Waals surface area contributed by atoms with E-state index in [-0.39, 0.29) is 0 Å². The van der Waals surface area contributed by atoms with Crippen molar-refractivity contribution in [2.24, 2.45) is 0 Å². The Morgan fingerprint density at radius 2 is 1.50 bits per heavy atom. The average Bonchev–Trinajstić information content (AvgIpc) is 2.77. The topological polar surface area (TPSA) is 0 Å². The monoisotopic (exact) mass is 325 g/mol. The molecule has 2 rings (SSSR count). The summed E-state index contributed by atoms with van der Waals surface area (Å²) in [4.78, 5) is 0. The van der Waals surface area contributed by atoms with Gasteiger partial charge >= 0.3 is 82.1 Å². The molecule has 0 heterocycles. The van der Waals surface area contributed by atoms with Crippen LogP contribution in [-0.4, -0.2) is 0 Å². The van der Waals surface area contributed by atoms with Gasteiger partial charge in [0.2, 0.25) is 0 Å². The van der Waals surface area contributed by atoms with Crippen molar-refractivity contribution < 1.29 is 21.4 Å². The fourth-order valence-corrected chi connectivity index (χ4v) is 8.67. The SMILES string of the molecule is [CH3][Hf]([C]1=CC=CC1)[C]1=CC=CC1. The molecular formula is C11H13Hf. The Balaban J connectivity index is 2.05. The van der Waals surface area contributed by atoms with Gasteiger partial charge in [0, 0.05) is 0 Å². The van der Waals surface area contributed by atoms with E-state index in [0.717, 1.165) is 0 Å². The summed E-state index contributed by atoms with van der Waals surface area (Å²) in [5.74, 6) is 0. The van der Waals surface area contributed by atoms with E-state index in [9.17, 15) is 0 Å². The van der Waals surface area contributed by atoms with Gasteiger partial charge in [-0.1, -0.05) is 0 Å². The van der Waals surface area contributed by atoms with Crippen molar-refractivity contribution in [1.29, 1.82) is 0 Å². The van der Waals surface area contributed by atoms with Gasteiger partial charge in [0.25, 0.3) is 0 Å². The molecule has 0 aromatic rings. The average molecular weight is 324 g/mol. The van der Waals surface area contributed by atoms with Crippen molar-refractivity contribution in [2.45, 2.75) is 17.5 Å². The van der Waals surface area contributed by atoms with Crippen molar-refractivity contribution in [3.63, 3.8) is 0 Å². The first-order valence-corrected chi connectivity index (χ1v) is 11.6. The summed E-state index contributed by atoms with van der Waals surface area (Å²) in [6.45, 7) is 0. The van der Waals surface area contributed by atoms with Crippen LogP contribution in [0.1, 0.15) is 12.8 Å². The van der Waals surface area contributed by atoms with Crippen LogP contribution in [0.2, 0.25) is 4.68 Å². The van der Waals surface area contributed by atoms with Gasteiger partial charge in [-0.2, -0.15) is 0 Å². The number of hydrogen-bond donors (Lipinski definition) is 0.